The van der Waals surface area contributed by atoms with E-state index < -0.39 is 5.41 Å². The molecule has 0 saturated heterocycles. The van der Waals surface area contributed by atoms with Crippen LogP contribution < -0.4 is 0 Å². The van der Waals surface area contributed by atoms with E-state index >= 15 is 0 Å². The fourth-order valence-corrected chi connectivity index (χ4v) is 1.32. The van der Waals surface area contributed by atoms with Crippen LogP contribution in [0, 0.1) is 0 Å². The summed E-state index contributed by atoms with van der Waals surface area (Å²) in [5.74, 6) is 0. The van der Waals surface area contributed by atoms with Crippen LogP contribution in [0.25, 0.3) is 0 Å². The summed E-state index contributed by atoms with van der Waals surface area (Å²) in [6.07, 6.45) is 4.72. The van der Waals surface area contributed by atoms with Crippen LogP contribution in [0.5, 0.6) is 0 Å². The lowest BCUT2D eigenvalue weighted by atomic mass is 9.83. The molecule has 1 aromatic rings. The molecule has 15 heavy (non-hydrogen) atoms. The molecule has 0 bridgehead atoms. The number of hydrogen-bond acceptors (Lipinski definition) is 1. The Morgan fingerprint density at radius 3 is 2.40 bits per heavy atom. The minimum Gasteiger partial charge on any atom is -0.302 e. The van der Waals surface area contributed by atoms with Gasteiger partial charge in [0.15, 0.2) is 0 Å². The Hall–Kier alpha value is -1.63. The van der Waals surface area contributed by atoms with E-state index in [0.29, 0.717) is 0 Å². The van der Waals surface area contributed by atoms with Crippen molar-refractivity contribution in [1.29, 1.82) is 0 Å². The second kappa shape index (κ2) is 4.74. The molecule has 0 aliphatic carbocycles. The first-order valence-electron chi connectivity index (χ1n) is 4.95. The molecule has 0 aliphatic rings. The van der Waals surface area contributed by atoms with E-state index in [2.05, 4.69) is 6.58 Å². The van der Waals surface area contributed by atoms with Crippen LogP contribution in [0.3, 0.4) is 0 Å². The molecule has 1 atom stereocenters. The van der Waals surface area contributed by atoms with Crippen LogP contribution >= 0.6 is 0 Å². The van der Waals surface area contributed by atoms with Gasteiger partial charge in [0, 0.05) is 0 Å². The summed E-state index contributed by atoms with van der Waals surface area (Å²) in [6.45, 7) is 7.59. The molecular weight excluding hydrogens is 184 g/mol. The molecule has 0 fully saturated rings. The Morgan fingerprint density at radius 2 is 1.93 bits per heavy atom. The maximum atomic E-state index is 11.2. The second-order valence-electron chi connectivity index (χ2n) is 3.95. The highest BCUT2D eigenvalue weighted by Crippen LogP contribution is 2.23. The number of carbonyl (C=O) groups is 1. The Balaban J connectivity index is 3.06. The van der Waals surface area contributed by atoms with E-state index in [0.717, 1.165) is 17.4 Å². The third kappa shape index (κ3) is 2.91. The predicted molar refractivity (Wildman–Crippen MR) is 63.8 cm³/mol. The van der Waals surface area contributed by atoms with Crippen LogP contribution in [0.1, 0.15) is 19.4 Å². The smallest absolute Gasteiger partial charge is 0.134 e. The van der Waals surface area contributed by atoms with Crippen molar-refractivity contribution in [2.45, 2.75) is 19.3 Å². The Labute approximate surface area is 91.1 Å². The predicted octanol–water partition coefficient (Wildman–Crippen LogP) is 3.28. The average Bonchev–Trinajstić information content (AvgIpc) is 2.27. The first-order valence-corrected chi connectivity index (χ1v) is 4.95. The van der Waals surface area contributed by atoms with Crippen molar-refractivity contribution in [3.8, 4) is 0 Å². The fraction of sp³-hybridized carbons (Fsp3) is 0.214. The summed E-state index contributed by atoms with van der Waals surface area (Å²) in [5.41, 5.74) is 1.39. The standard InChI is InChI=1S/C14H16O/c1-12(2)9-10-14(3,11-15)13-7-5-4-6-8-13/h4-11H,1H2,2-3H3/b10-9+/t14-/m0/s1. The molecule has 1 rings (SSSR count). The zero-order valence-corrected chi connectivity index (χ0v) is 9.23. The van der Waals surface area contributed by atoms with Crippen LogP contribution in [0.2, 0.25) is 0 Å². The molecule has 1 aromatic carbocycles. The van der Waals surface area contributed by atoms with Crippen molar-refractivity contribution in [2.24, 2.45) is 0 Å². The van der Waals surface area contributed by atoms with Gasteiger partial charge in [-0.15, -0.1) is 0 Å². The summed E-state index contributed by atoms with van der Waals surface area (Å²) >= 11 is 0. The molecule has 0 aliphatic heterocycles. The summed E-state index contributed by atoms with van der Waals surface area (Å²) in [7, 11) is 0. The van der Waals surface area contributed by atoms with E-state index in [1.807, 2.05) is 56.3 Å². The molecule has 0 N–H and O–H groups in total. The monoisotopic (exact) mass is 200 g/mol. The van der Waals surface area contributed by atoms with Gasteiger partial charge in [0.25, 0.3) is 0 Å². The molecule has 1 nitrogen and oxygen atoms in total. The van der Waals surface area contributed by atoms with Crippen molar-refractivity contribution < 1.29 is 4.79 Å². The van der Waals surface area contributed by atoms with Gasteiger partial charge in [-0.25, -0.2) is 0 Å². The lowest BCUT2D eigenvalue weighted by Crippen LogP contribution is -2.20. The molecule has 0 radical (unpaired) electrons. The summed E-state index contributed by atoms with van der Waals surface area (Å²) < 4.78 is 0. The van der Waals surface area contributed by atoms with E-state index in [-0.39, 0.29) is 0 Å². The molecule has 0 saturated carbocycles. The number of aldehydes is 1. The fourth-order valence-electron chi connectivity index (χ4n) is 1.32. The first kappa shape index (κ1) is 11.4. The number of allylic oxidation sites excluding steroid dienone is 3. The third-order valence-corrected chi connectivity index (χ3v) is 2.35. The van der Waals surface area contributed by atoms with Gasteiger partial charge in [-0.3, -0.25) is 0 Å². The number of hydrogen-bond donors (Lipinski definition) is 0. The molecule has 78 valence electrons. The molecular formula is C14H16O. The lowest BCUT2D eigenvalue weighted by molar-refractivity contribution is -0.110. The molecule has 0 unspecified atom stereocenters. The normalized spacial score (nSPS) is 14.8. The van der Waals surface area contributed by atoms with Gasteiger partial charge in [-0.1, -0.05) is 54.6 Å². The van der Waals surface area contributed by atoms with Gasteiger partial charge in [0.05, 0.1) is 5.41 Å². The number of carbonyl (C=O) groups excluding carboxylic acids is 1. The minimum absolute atomic E-state index is 0.555. The van der Waals surface area contributed by atoms with Gasteiger partial charge < -0.3 is 4.79 Å². The van der Waals surface area contributed by atoms with E-state index in [4.69, 9.17) is 0 Å². The van der Waals surface area contributed by atoms with Gasteiger partial charge in [-0.2, -0.15) is 0 Å². The average molecular weight is 200 g/mol. The third-order valence-electron chi connectivity index (χ3n) is 2.35. The molecule has 0 aromatic heterocycles. The highest BCUT2D eigenvalue weighted by Gasteiger charge is 2.21. The van der Waals surface area contributed by atoms with Crippen LogP contribution in [0.15, 0.2) is 54.6 Å². The van der Waals surface area contributed by atoms with E-state index in [1.54, 1.807) is 0 Å². The van der Waals surface area contributed by atoms with Gasteiger partial charge in [0.1, 0.15) is 6.29 Å². The second-order valence-corrected chi connectivity index (χ2v) is 3.95. The largest absolute Gasteiger partial charge is 0.302 e. The first-order chi connectivity index (χ1) is 7.08. The van der Waals surface area contributed by atoms with Crippen molar-refractivity contribution >= 4 is 6.29 Å². The maximum absolute atomic E-state index is 11.2. The van der Waals surface area contributed by atoms with E-state index in [1.165, 1.54) is 0 Å². The highest BCUT2D eigenvalue weighted by atomic mass is 16.1. The van der Waals surface area contributed by atoms with Gasteiger partial charge in [-0.05, 0) is 19.4 Å². The summed E-state index contributed by atoms with van der Waals surface area (Å²) in [5, 5.41) is 0. The van der Waals surface area contributed by atoms with Gasteiger partial charge in [0.2, 0.25) is 0 Å². The zero-order valence-electron chi connectivity index (χ0n) is 9.23. The van der Waals surface area contributed by atoms with Gasteiger partial charge >= 0.3 is 0 Å². The van der Waals surface area contributed by atoms with E-state index in [9.17, 15) is 4.79 Å². The highest BCUT2D eigenvalue weighted by molar-refractivity contribution is 5.71. The molecule has 0 amide bonds. The Morgan fingerprint density at radius 1 is 1.33 bits per heavy atom. The Kier molecular flexibility index (Phi) is 3.62. The molecule has 0 heterocycles. The lowest BCUT2D eigenvalue weighted by Gasteiger charge is -2.19. The number of benzene rings is 1. The van der Waals surface area contributed by atoms with Crippen molar-refractivity contribution in [1.82, 2.24) is 0 Å². The number of rotatable bonds is 4. The minimum atomic E-state index is -0.555. The molecule has 1 heteroatoms. The van der Waals surface area contributed by atoms with Crippen LogP contribution in [-0.2, 0) is 10.2 Å². The van der Waals surface area contributed by atoms with Crippen molar-refractivity contribution in [3.63, 3.8) is 0 Å². The summed E-state index contributed by atoms with van der Waals surface area (Å²) in [4.78, 5) is 11.2. The van der Waals surface area contributed by atoms with Crippen molar-refractivity contribution in [2.75, 3.05) is 0 Å². The summed E-state index contributed by atoms with van der Waals surface area (Å²) in [6, 6.07) is 9.73. The van der Waals surface area contributed by atoms with Crippen molar-refractivity contribution in [3.05, 3.63) is 60.2 Å². The quantitative estimate of drug-likeness (QED) is 0.538. The SMILES string of the molecule is C=C(C)/C=C/[C@@](C)(C=O)c1ccccc1. The van der Waals surface area contributed by atoms with Crippen LogP contribution in [-0.4, -0.2) is 6.29 Å². The maximum Gasteiger partial charge on any atom is 0.134 e. The Bertz CT molecular complexity index is 376. The zero-order chi connectivity index (χ0) is 11.3. The van der Waals surface area contributed by atoms with Crippen LogP contribution in [0.4, 0.5) is 0 Å². The molecule has 0 spiro atoms. The topological polar surface area (TPSA) is 17.1 Å².